The summed E-state index contributed by atoms with van der Waals surface area (Å²) in [4.78, 5) is 12.7. The van der Waals surface area contributed by atoms with E-state index in [1.54, 1.807) is 12.1 Å². The summed E-state index contributed by atoms with van der Waals surface area (Å²) in [5.74, 6) is 0.547. The molecule has 0 heterocycles. The molecule has 2 aliphatic carbocycles. The van der Waals surface area contributed by atoms with Crippen LogP contribution in [0, 0.1) is 22.0 Å². The van der Waals surface area contributed by atoms with Crippen molar-refractivity contribution in [1.82, 2.24) is 0 Å². The van der Waals surface area contributed by atoms with Crippen molar-refractivity contribution in [3.63, 3.8) is 0 Å². The first-order valence-electron chi connectivity index (χ1n) is 7.55. The Hall–Kier alpha value is -1.85. The summed E-state index contributed by atoms with van der Waals surface area (Å²) in [6.07, 6.45) is 3.82. The van der Waals surface area contributed by atoms with E-state index in [1.165, 1.54) is 12.1 Å². The monoisotopic (exact) mass is 301 g/mol. The van der Waals surface area contributed by atoms with Crippen molar-refractivity contribution >= 4 is 17.2 Å². The first kappa shape index (κ1) is 15.1. The Kier molecular flexibility index (Phi) is 3.30. The van der Waals surface area contributed by atoms with Crippen molar-refractivity contribution in [2.75, 3.05) is 10.5 Å². The number of ketones is 1. The molecule has 2 bridgehead atoms. The number of Topliss-reactive ketones (excluding diaryl/α,β-unsaturated/α-hetero) is 1. The normalized spacial score (nSPS) is 30.9. The van der Waals surface area contributed by atoms with Gasteiger partial charge in [-0.1, -0.05) is 20.8 Å². The van der Waals surface area contributed by atoms with Crippen LogP contribution in [0.5, 0.6) is 0 Å². The van der Waals surface area contributed by atoms with Gasteiger partial charge in [-0.05, 0) is 48.4 Å². The molecule has 2 saturated carbocycles. The molecule has 3 rings (SSSR count). The van der Waals surface area contributed by atoms with Gasteiger partial charge in [0.05, 0.1) is 5.69 Å². The molecule has 0 amide bonds. The van der Waals surface area contributed by atoms with E-state index < -0.39 is 0 Å². The van der Waals surface area contributed by atoms with Gasteiger partial charge in [0.25, 0.3) is 0 Å². The minimum atomic E-state index is -0.255. The smallest absolute Gasteiger partial charge is 0.167 e. The van der Waals surface area contributed by atoms with Gasteiger partial charge in [0.1, 0.15) is 0 Å². The molecule has 2 fully saturated rings. The summed E-state index contributed by atoms with van der Waals surface area (Å²) in [5, 5.41) is 22.5. The van der Waals surface area contributed by atoms with Gasteiger partial charge in [-0.2, -0.15) is 0 Å². The first-order chi connectivity index (χ1) is 10.3. The molecule has 22 heavy (non-hydrogen) atoms. The van der Waals surface area contributed by atoms with Gasteiger partial charge < -0.3 is 15.8 Å². The number of carbonyl (C=O) groups is 1. The molecule has 0 spiro atoms. The maximum atomic E-state index is 12.7. The second-order valence-corrected chi connectivity index (χ2v) is 7.04. The molecule has 0 radical (unpaired) electrons. The van der Waals surface area contributed by atoms with Gasteiger partial charge in [-0.15, -0.1) is 0 Å². The molecule has 1 aromatic carbocycles. The predicted molar refractivity (Wildman–Crippen MR) is 85.4 cm³/mol. The number of carbonyl (C=O) groups excluding carboxylic acids is 1. The van der Waals surface area contributed by atoms with E-state index in [2.05, 4.69) is 26.1 Å². The third-order valence-corrected chi connectivity index (χ3v) is 5.85. The number of rotatable bonds is 3. The average Bonchev–Trinajstić information content (AvgIpc) is 2.78. The highest BCUT2D eigenvalue weighted by Gasteiger charge is 2.63. The van der Waals surface area contributed by atoms with Crippen LogP contribution in [0.25, 0.3) is 0 Å². The second-order valence-electron chi connectivity index (χ2n) is 7.04. The Labute approximate surface area is 130 Å². The number of allylic oxidation sites excluding steroid dienone is 1. The summed E-state index contributed by atoms with van der Waals surface area (Å²) < 4.78 is 0. The second kappa shape index (κ2) is 4.83. The van der Waals surface area contributed by atoms with Crippen LogP contribution < -0.4 is 10.5 Å². The Morgan fingerprint density at radius 3 is 2.45 bits per heavy atom. The lowest BCUT2D eigenvalue weighted by Crippen LogP contribution is -2.32. The average molecular weight is 301 g/mol. The number of nitrogens with zero attached hydrogens (tertiary/aromatic N) is 1. The van der Waals surface area contributed by atoms with Gasteiger partial charge in [0.2, 0.25) is 0 Å². The van der Waals surface area contributed by atoms with Crippen LogP contribution in [0.1, 0.15) is 33.6 Å². The summed E-state index contributed by atoms with van der Waals surface area (Å²) in [6.45, 7) is 6.44. The SMILES string of the molecule is CC12CCC(C(=CNc3ccc(N([O-])O)cc3)C1=O)C2(C)C. The zero-order valence-corrected chi connectivity index (χ0v) is 13.1. The zero-order valence-electron chi connectivity index (χ0n) is 13.1. The summed E-state index contributed by atoms with van der Waals surface area (Å²) in [7, 11) is 0. The third-order valence-electron chi connectivity index (χ3n) is 5.85. The molecule has 2 aliphatic rings. The predicted octanol–water partition coefficient (Wildman–Crippen LogP) is 3.70. The fourth-order valence-corrected chi connectivity index (χ4v) is 3.94. The van der Waals surface area contributed by atoms with Crippen molar-refractivity contribution < 1.29 is 10.0 Å². The van der Waals surface area contributed by atoms with Gasteiger partial charge >= 0.3 is 0 Å². The molecular formula is C17H21N2O3-. The van der Waals surface area contributed by atoms with Gasteiger partial charge in [-0.3, -0.25) is 10.0 Å². The molecule has 0 aromatic heterocycles. The third kappa shape index (κ3) is 1.96. The summed E-state index contributed by atoms with van der Waals surface area (Å²) >= 11 is 0. The fraction of sp³-hybridized carbons (Fsp3) is 0.471. The highest BCUT2D eigenvalue weighted by molar-refractivity contribution is 6.04. The highest BCUT2D eigenvalue weighted by Crippen LogP contribution is 2.65. The van der Waals surface area contributed by atoms with E-state index in [4.69, 9.17) is 5.21 Å². The number of hydrogen-bond donors (Lipinski definition) is 2. The van der Waals surface area contributed by atoms with Crippen LogP contribution in [0.3, 0.4) is 0 Å². The lowest BCUT2D eigenvalue weighted by molar-refractivity contribution is -0.125. The van der Waals surface area contributed by atoms with E-state index in [1.807, 2.05) is 6.20 Å². The first-order valence-corrected chi connectivity index (χ1v) is 7.55. The Morgan fingerprint density at radius 1 is 1.32 bits per heavy atom. The quantitative estimate of drug-likeness (QED) is 0.657. The number of benzene rings is 1. The van der Waals surface area contributed by atoms with Crippen molar-refractivity contribution in [2.24, 2.45) is 16.7 Å². The molecule has 2 atom stereocenters. The Bertz CT molecular complexity index is 634. The molecule has 118 valence electrons. The number of nitrogens with one attached hydrogen (secondary N) is 1. The van der Waals surface area contributed by atoms with Crippen LogP contribution in [-0.2, 0) is 4.79 Å². The van der Waals surface area contributed by atoms with E-state index in [-0.39, 0.29) is 27.5 Å². The van der Waals surface area contributed by atoms with Crippen LogP contribution in [-0.4, -0.2) is 11.0 Å². The topological polar surface area (TPSA) is 75.6 Å². The zero-order chi connectivity index (χ0) is 16.1. The van der Waals surface area contributed by atoms with E-state index in [0.29, 0.717) is 5.92 Å². The number of fused-ring (bicyclic) bond motifs is 2. The van der Waals surface area contributed by atoms with E-state index in [9.17, 15) is 10.0 Å². The number of hydrogen-bond acceptors (Lipinski definition) is 5. The summed E-state index contributed by atoms with van der Waals surface area (Å²) in [5.41, 5.74) is 1.56. The van der Waals surface area contributed by atoms with E-state index >= 15 is 0 Å². The minimum Gasteiger partial charge on any atom is -0.733 e. The van der Waals surface area contributed by atoms with Crippen LogP contribution in [0.15, 0.2) is 36.0 Å². The standard InChI is InChI=1S/C17H21N2O3/c1-16(2)14-8-9-17(16,3)15(20)13(14)10-18-11-4-6-12(7-5-11)19(21)22/h4-7,10,14,18,21H,8-9H2,1-3H3/q-1. The van der Waals surface area contributed by atoms with Crippen LogP contribution in [0.2, 0.25) is 0 Å². The van der Waals surface area contributed by atoms with Crippen LogP contribution in [0.4, 0.5) is 11.4 Å². The van der Waals surface area contributed by atoms with Crippen molar-refractivity contribution in [1.29, 1.82) is 0 Å². The van der Waals surface area contributed by atoms with Gasteiger partial charge in [0, 0.05) is 22.9 Å². The lowest BCUT2D eigenvalue weighted by Gasteiger charge is -2.31. The number of anilines is 2. The molecule has 2 N–H and O–H groups in total. The van der Waals surface area contributed by atoms with Crippen molar-refractivity contribution in [3.8, 4) is 0 Å². The van der Waals surface area contributed by atoms with E-state index in [0.717, 1.165) is 24.1 Å². The molecule has 2 unspecified atom stereocenters. The molecule has 0 aliphatic heterocycles. The Balaban J connectivity index is 1.81. The minimum absolute atomic E-state index is 0.00139. The summed E-state index contributed by atoms with van der Waals surface area (Å²) in [6, 6.07) is 6.42. The van der Waals surface area contributed by atoms with Crippen LogP contribution >= 0.6 is 0 Å². The molecular weight excluding hydrogens is 280 g/mol. The molecule has 5 nitrogen and oxygen atoms in total. The fourth-order valence-electron chi connectivity index (χ4n) is 3.94. The van der Waals surface area contributed by atoms with Crippen molar-refractivity contribution in [3.05, 3.63) is 41.2 Å². The molecule has 0 saturated heterocycles. The molecule has 5 heteroatoms. The highest BCUT2D eigenvalue weighted by atomic mass is 16.8. The van der Waals surface area contributed by atoms with Gasteiger partial charge in [-0.25, -0.2) is 0 Å². The maximum Gasteiger partial charge on any atom is 0.167 e. The largest absolute Gasteiger partial charge is 0.733 e. The molecule has 1 aromatic rings. The lowest BCUT2D eigenvalue weighted by atomic mass is 9.70. The van der Waals surface area contributed by atoms with Gasteiger partial charge in [0.15, 0.2) is 5.78 Å². The Morgan fingerprint density at radius 2 is 1.95 bits per heavy atom. The van der Waals surface area contributed by atoms with Crippen molar-refractivity contribution in [2.45, 2.75) is 33.6 Å². The maximum absolute atomic E-state index is 12.7.